The van der Waals surface area contributed by atoms with Gasteiger partial charge in [0.1, 0.15) is 0 Å². The summed E-state index contributed by atoms with van der Waals surface area (Å²) >= 11 is 3.70. The minimum atomic E-state index is 0.540. The fraction of sp³-hybridized carbons (Fsp3) is 0.161. The molecule has 3 aromatic carbocycles. The second-order valence-corrected chi connectivity index (χ2v) is 9.85. The number of rotatable bonds is 7. The van der Waals surface area contributed by atoms with Gasteiger partial charge >= 0.3 is 0 Å². The Bertz CT molecular complexity index is 1080. The fourth-order valence-electron chi connectivity index (χ4n) is 4.19. The Morgan fingerprint density at radius 1 is 0.781 bits per heavy atom. The molecular formula is C31H29Br. The number of hydrogen-bond donors (Lipinski definition) is 0. The summed E-state index contributed by atoms with van der Waals surface area (Å²) in [6.07, 6.45) is 13.9. The molecule has 2 unspecified atom stereocenters. The van der Waals surface area contributed by atoms with Gasteiger partial charge in [-0.1, -0.05) is 144 Å². The first-order valence-corrected chi connectivity index (χ1v) is 12.2. The topological polar surface area (TPSA) is 0 Å². The van der Waals surface area contributed by atoms with Gasteiger partial charge < -0.3 is 0 Å². The van der Waals surface area contributed by atoms with Crippen LogP contribution in [0.5, 0.6) is 0 Å². The van der Waals surface area contributed by atoms with Gasteiger partial charge in [0.25, 0.3) is 0 Å². The Morgan fingerprint density at radius 3 is 1.69 bits per heavy atom. The maximum Gasteiger partial charge on any atom is 0.0123 e. The lowest BCUT2D eigenvalue weighted by Crippen LogP contribution is -2.05. The summed E-state index contributed by atoms with van der Waals surface area (Å²) in [5, 5.41) is 0. The molecule has 0 nitrogen and oxygen atoms in total. The highest BCUT2D eigenvalue weighted by molar-refractivity contribution is 9.09. The molecule has 0 bridgehead atoms. The van der Waals surface area contributed by atoms with Crippen molar-refractivity contribution in [1.29, 1.82) is 0 Å². The molecule has 1 aliphatic rings. The second-order valence-electron chi connectivity index (χ2n) is 8.29. The van der Waals surface area contributed by atoms with E-state index < -0.39 is 0 Å². The minimum absolute atomic E-state index is 0.540. The van der Waals surface area contributed by atoms with Gasteiger partial charge in [0, 0.05) is 4.83 Å². The summed E-state index contributed by atoms with van der Waals surface area (Å²) < 4.78 is 0. The van der Waals surface area contributed by atoms with Crippen LogP contribution in [0.3, 0.4) is 0 Å². The van der Waals surface area contributed by atoms with Crippen molar-refractivity contribution in [2.45, 2.75) is 24.6 Å². The summed E-state index contributed by atoms with van der Waals surface area (Å²) in [6.45, 7) is 2.22. The van der Waals surface area contributed by atoms with Crippen molar-refractivity contribution in [2.75, 3.05) is 0 Å². The van der Waals surface area contributed by atoms with Crippen molar-refractivity contribution in [3.8, 4) is 0 Å². The van der Waals surface area contributed by atoms with E-state index in [-0.39, 0.29) is 0 Å². The van der Waals surface area contributed by atoms with Crippen molar-refractivity contribution in [1.82, 2.24) is 0 Å². The van der Waals surface area contributed by atoms with Gasteiger partial charge in [-0.2, -0.15) is 0 Å². The summed E-state index contributed by atoms with van der Waals surface area (Å²) in [5.41, 5.74) is 7.48. The molecule has 2 atom stereocenters. The monoisotopic (exact) mass is 480 g/mol. The van der Waals surface area contributed by atoms with Crippen LogP contribution in [0.25, 0.3) is 11.1 Å². The van der Waals surface area contributed by atoms with E-state index in [0.29, 0.717) is 10.7 Å². The molecule has 0 saturated carbocycles. The van der Waals surface area contributed by atoms with Gasteiger partial charge in [-0.3, -0.25) is 0 Å². The van der Waals surface area contributed by atoms with Crippen LogP contribution < -0.4 is 0 Å². The van der Waals surface area contributed by atoms with Gasteiger partial charge in [0.2, 0.25) is 0 Å². The lowest BCUT2D eigenvalue weighted by atomic mass is 9.87. The number of alkyl halides is 1. The Hall–Kier alpha value is -2.90. The molecule has 0 aliphatic heterocycles. The molecule has 0 amide bonds. The van der Waals surface area contributed by atoms with Crippen LogP contribution in [-0.4, -0.2) is 4.83 Å². The first kappa shape index (κ1) is 22.3. The molecule has 0 spiro atoms. The molecule has 32 heavy (non-hydrogen) atoms. The van der Waals surface area contributed by atoms with E-state index >= 15 is 0 Å². The lowest BCUT2D eigenvalue weighted by molar-refractivity contribution is 0.595. The molecule has 1 heteroatoms. The highest BCUT2D eigenvalue weighted by Gasteiger charge is 2.14. The predicted molar refractivity (Wildman–Crippen MR) is 143 cm³/mol. The zero-order chi connectivity index (χ0) is 22.2. The predicted octanol–water partition coefficient (Wildman–Crippen LogP) is 8.88. The molecule has 1 aliphatic carbocycles. The molecular weight excluding hydrogens is 452 g/mol. The highest BCUT2D eigenvalue weighted by Crippen LogP contribution is 2.32. The van der Waals surface area contributed by atoms with E-state index in [9.17, 15) is 0 Å². The van der Waals surface area contributed by atoms with Gasteiger partial charge in [-0.25, -0.2) is 0 Å². The van der Waals surface area contributed by atoms with Crippen LogP contribution in [0.2, 0.25) is 0 Å². The molecule has 160 valence electrons. The molecule has 0 saturated heterocycles. The average molecular weight is 481 g/mol. The zero-order valence-corrected chi connectivity index (χ0v) is 20.1. The molecule has 0 N–H and O–H groups in total. The largest absolute Gasteiger partial charge is 0.0893 e. The van der Waals surface area contributed by atoms with Crippen LogP contribution in [-0.2, 0) is 0 Å². The standard InChI is InChI=1S/C31H29Br/c1-24(32)23-25-17-19-29(20-18-25)31(28-15-9-4-10-16-28)22-21-30(26-11-5-2-6-12-26)27-13-7-3-8-14-27/h2-17,19-22,24-25H,18,23H2,1H3. The quantitative estimate of drug-likeness (QED) is 0.234. The summed E-state index contributed by atoms with van der Waals surface area (Å²) in [6, 6.07) is 32.0. The SMILES string of the molecule is CC(Br)CC1C=CC(C(=CC=C(c2ccccc2)c2ccccc2)c2ccccc2)=CC1. The molecule has 4 rings (SSSR count). The third-order valence-corrected chi connectivity index (χ3v) is 6.17. The summed E-state index contributed by atoms with van der Waals surface area (Å²) in [5.74, 6) is 0.602. The number of hydrogen-bond acceptors (Lipinski definition) is 0. The van der Waals surface area contributed by atoms with Gasteiger partial charge in [-0.05, 0) is 52.2 Å². The molecule has 0 heterocycles. The van der Waals surface area contributed by atoms with Crippen LogP contribution in [0, 0.1) is 5.92 Å². The maximum atomic E-state index is 3.70. The number of allylic oxidation sites excluding steroid dienone is 7. The Kier molecular flexibility index (Phi) is 7.74. The van der Waals surface area contributed by atoms with Crippen molar-refractivity contribution >= 4 is 27.1 Å². The van der Waals surface area contributed by atoms with Gasteiger partial charge in [-0.15, -0.1) is 0 Å². The van der Waals surface area contributed by atoms with Gasteiger partial charge in [0.15, 0.2) is 0 Å². The average Bonchev–Trinajstić information content (AvgIpc) is 2.84. The molecule has 0 aromatic heterocycles. The molecule has 0 radical (unpaired) electrons. The number of halogens is 1. The maximum absolute atomic E-state index is 3.70. The van der Waals surface area contributed by atoms with Crippen LogP contribution in [0.1, 0.15) is 36.5 Å². The van der Waals surface area contributed by atoms with E-state index in [1.807, 2.05) is 0 Å². The lowest BCUT2D eigenvalue weighted by Gasteiger charge is -2.19. The smallest absolute Gasteiger partial charge is 0.0123 e. The first-order chi connectivity index (χ1) is 15.7. The normalized spacial score (nSPS) is 16.9. The van der Waals surface area contributed by atoms with E-state index in [1.165, 1.54) is 33.4 Å². The molecule has 0 fully saturated rings. The minimum Gasteiger partial charge on any atom is -0.0893 e. The zero-order valence-electron chi connectivity index (χ0n) is 18.5. The Balaban J connectivity index is 1.75. The van der Waals surface area contributed by atoms with Crippen LogP contribution in [0.4, 0.5) is 0 Å². The van der Waals surface area contributed by atoms with E-state index in [0.717, 1.165) is 12.8 Å². The fourth-order valence-corrected chi connectivity index (χ4v) is 4.67. The van der Waals surface area contributed by atoms with Crippen LogP contribution in [0.15, 0.2) is 127 Å². The van der Waals surface area contributed by atoms with E-state index in [4.69, 9.17) is 0 Å². The van der Waals surface area contributed by atoms with Crippen LogP contribution >= 0.6 is 15.9 Å². The first-order valence-electron chi connectivity index (χ1n) is 11.3. The summed E-state index contributed by atoms with van der Waals surface area (Å²) in [4.78, 5) is 0.540. The van der Waals surface area contributed by atoms with Crippen molar-refractivity contribution < 1.29 is 0 Å². The summed E-state index contributed by atoms with van der Waals surface area (Å²) in [7, 11) is 0. The van der Waals surface area contributed by atoms with Crippen molar-refractivity contribution in [3.05, 3.63) is 144 Å². The van der Waals surface area contributed by atoms with Gasteiger partial charge in [0.05, 0.1) is 0 Å². The van der Waals surface area contributed by atoms with Crippen molar-refractivity contribution in [3.63, 3.8) is 0 Å². The highest BCUT2D eigenvalue weighted by atomic mass is 79.9. The van der Waals surface area contributed by atoms with E-state index in [1.54, 1.807) is 0 Å². The Morgan fingerprint density at radius 2 is 1.25 bits per heavy atom. The molecule has 3 aromatic rings. The third kappa shape index (κ3) is 5.87. The Labute approximate surface area is 200 Å². The third-order valence-electron chi connectivity index (χ3n) is 5.80. The second kappa shape index (κ2) is 11.1. The number of benzene rings is 3. The van der Waals surface area contributed by atoms with Crippen molar-refractivity contribution in [2.24, 2.45) is 5.92 Å². The van der Waals surface area contributed by atoms with E-state index in [2.05, 4.69) is 144 Å².